The van der Waals surface area contributed by atoms with Crippen LogP contribution in [-0.4, -0.2) is 40.4 Å². The molecule has 0 saturated heterocycles. The van der Waals surface area contributed by atoms with Gasteiger partial charge in [0.15, 0.2) is 5.82 Å². The second-order valence-corrected chi connectivity index (χ2v) is 6.17. The highest BCUT2D eigenvalue weighted by atomic mass is 16.1. The van der Waals surface area contributed by atoms with Crippen molar-refractivity contribution in [2.75, 3.05) is 25.0 Å². The van der Waals surface area contributed by atoms with Crippen LogP contribution in [0, 0.1) is 13.8 Å². The molecule has 6 heteroatoms. The Bertz CT molecular complexity index is 886. The molecule has 0 aliphatic heterocycles. The van der Waals surface area contributed by atoms with Gasteiger partial charge in [0.25, 0.3) is 0 Å². The maximum absolute atomic E-state index is 11.0. The number of benzene rings is 1. The minimum Gasteiger partial charge on any atom is -0.368 e. The number of carbonyl (C=O) groups excluding carboxylic acids is 1. The SMILES string of the molecule is CC(=O)CNCCNc1nc(-c2ccccc2)nc2[nH]c(C)c(C)c12. The summed E-state index contributed by atoms with van der Waals surface area (Å²) in [4.78, 5) is 23.8. The number of ketones is 1. The van der Waals surface area contributed by atoms with E-state index < -0.39 is 0 Å². The van der Waals surface area contributed by atoms with Gasteiger partial charge in [-0.3, -0.25) is 4.79 Å². The van der Waals surface area contributed by atoms with Crippen LogP contribution in [0.4, 0.5) is 5.82 Å². The van der Waals surface area contributed by atoms with Crippen LogP contribution in [0.25, 0.3) is 22.4 Å². The van der Waals surface area contributed by atoms with E-state index in [1.54, 1.807) is 6.92 Å². The first-order valence-electron chi connectivity index (χ1n) is 8.42. The number of carbonyl (C=O) groups is 1. The third-order valence-electron chi connectivity index (χ3n) is 4.15. The van der Waals surface area contributed by atoms with Crippen molar-refractivity contribution >= 4 is 22.6 Å². The quantitative estimate of drug-likeness (QED) is 0.578. The molecule has 25 heavy (non-hydrogen) atoms. The zero-order valence-corrected chi connectivity index (χ0v) is 14.8. The maximum Gasteiger partial charge on any atom is 0.163 e. The minimum absolute atomic E-state index is 0.132. The van der Waals surface area contributed by atoms with Crippen molar-refractivity contribution in [2.24, 2.45) is 0 Å². The smallest absolute Gasteiger partial charge is 0.163 e. The Balaban J connectivity index is 1.90. The lowest BCUT2D eigenvalue weighted by atomic mass is 10.2. The molecule has 0 atom stereocenters. The summed E-state index contributed by atoms with van der Waals surface area (Å²) in [5.74, 6) is 1.64. The fourth-order valence-corrected chi connectivity index (χ4v) is 2.74. The minimum atomic E-state index is 0.132. The molecule has 1 aromatic carbocycles. The zero-order valence-electron chi connectivity index (χ0n) is 14.8. The molecule has 130 valence electrons. The second-order valence-electron chi connectivity index (χ2n) is 6.17. The van der Waals surface area contributed by atoms with E-state index in [1.165, 1.54) is 0 Å². The van der Waals surface area contributed by atoms with E-state index in [4.69, 9.17) is 4.98 Å². The van der Waals surface area contributed by atoms with Crippen LogP contribution in [0.2, 0.25) is 0 Å². The third-order valence-corrected chi connectivity index (χ3v) is 4.15. The van der Waals surface area contributed by atoms with Gasteiger partial charge in [0.1, 0.15) is 17.2 Å². The second kappa shape index (κ2) is 7.44. The van der Waals surface area contributed by atoms with E-state index in [-0.39, 0.29) is 5.78 Å². The molecule has 3 rings (SSSR count). The molecule has 0 saturated carbocycles. The molecule has 0 aliphatic rings. The first-order valence-corrected chi connectivity index (χ1v) is 8.42. The molecule has 2 aromatic heterocycles. The Morgan fingerprint density at radius 3 is 2.60 bits per heavy atom. The molecule has 3 N–H and O–H groups in total. The maximum atomic E-state index is 11.0. The van der Waals surface area contributed by atoms with Crippen molar-refractivity contribution < 1.29 is 4.79 Å². The standard InChI is InChI=1S/C19H23N5O/c1-12(25)11-20-9-10-21-18-16-13(2)14(3)22-19(16)24-17(23-18)15-7-5-4-6-8-15/h4-8,20H,9-11H2,1-3H3,(H2,21,22,23,24). The Kier molecular flexibility index (Phi) is 5.09. The van der Waals surface area contributed by atoms with E-state index >= 15 is 0 Å². The number of aryl methyl sites for hydroxylation is 2. The van der Waals surface area contributed by atoms with Crippen LogP contribution in [0.15, 0.2) is 30.3 Å². The fourth-order valence-electron chi connectivity index (χ4n) is 2.74. The Morgan fingerprint density at radius 1 is 1.12 bits per heavy atom. The topological polar surface area (TPSA) is 82.7 Å². The zero-order chi connectivity index (χ0) is 17.8. The number of H-pyrrole nitrogens is 1. The Morgan fingerprint density at radius 2 is 1.88 bits per heavy atom. The number of aromatic nitrogens is 3. The molecular weight excluding hydrogens is 314 g/mol. The van der Waals surface area contributed by atoms with Crippen LogP contribution < -0.4 is 10.6 Å². The van der Waals surface area contributed by atoms with Gasteiger partial charge in [-0.15, -0.1) is 0 Å². The van der Waals surface area contributed by atoms with Gasteiger partial charge in [0.2, 0.25) is 0 Å². The molecule has 0 radical (unpaired) electrons. The molecule has 0 amide bonds. The van der Waals surface area contributed by atoms with Crippen LogP contribution in [0.3, 0.4) is 0 Å². The summed E-state index contributed by atoms with van der Waals surface area (Å²) in [6, 6.07) is 9.94. The van der Waals surface area contributed by atoms with Crippen molar-refractivity contribution in [3.63, 3.8) is 0 Å². The first-order chi connectivity index (χ1) is 12.1. The van der Waals surface area contributed by atoms with Gasteiger partial charge < -0.3 is 15.6 Å². The fraction of sp³-hybridized carbons (Fsp3) is 0.316. The molecule has 0 bridgehead atoms. The van der Waals surface area contributed by atoms with Gasteiger partial charge in [-0.05, 0) is 26.3 Å². The average molecular weight is 337 g/mol. The molecule has 3 aromatic rings. The lowest BCUT2D eigenvalue weighted by Gasteiger charge is -2.10. The molecule has 2 heterocycles. The molecule has 0 aliphatic carbocycles. The predicted octanol–water partition coefficient (Wildman–Crippen LogP) is 2.83. The van der Waals surface area contributed by atoms with Gasteiger partial charge in [-0.2, -0.15) is 0 Å². The number of hydrogen-bond donors (Lipinski definition) is 3. The largest absolute Gasteiger partial charge is 0.368 e. The number of anilines is 1. The number of fused-ring (bicyclic) bond motifs is 1. The predicted molar refractivity (Wildman–Crippen MR) is 101 cm³/mol. The number of hydrogen-bond acceptors (Lipinski definition) is 5. The average Bonchev–Trinajstić information content (AvgIpc) is 2.89. The molecule has 0 fully saturated rings. The third kappa shape index (κ3) is 3.85. The van der Waals surface area contributed by atoms with Crippen LogP contribution in [0.5, 0.6) is 0 Å². The van der Waals surface area contributed by atoms with Crippen molar-refractivity contribution in [2.45, 2.75) is 20.8 Å². The van der Waals surface area contributed by atoms with Crippen LogP contribution in [0.1, 0.15) is 18.2 Å². The Hall–Kier alpha value is -2.73. The summed E-state index contributed by atoms with van der Waals surface area (Å²) in [5.41, 5.74) is 4.05. The summed E-state index contributed by atoms with van der Waals surface area (Å²) in [7, 11) is 0. The summed E-state index contributed by atoms with van der Waals surface area (Å²) in [6.07, 6.45) is 0. The van der Waals surface area contributed by atoms with Gasteiger partial charge in [0.05, 0.1) is 11.9 Å². The molecule has 0 unspecified atom stereocenters. The van der Waals surface area contributed by atoms with E-state index in [2.05, 4.69) is 27.5 Å². The monoisotopic (exact) mass is 337 g/mol. The van der Waals surface area contributed by atoms with Gasteiger partial charge in [-0.25, -0.2) is 9.97 Å². The number of aromatic amines is 1. The summed E-state index contributed by atoms with van der Waals surface area (Å²) in [5, 5.41) is 7.50. The van der Waals surface area contributed by atoms with Crippen molar-refractivity contribution in [1.82, 2.24) is 20.3 Å². The van der Waals surface area contributed by atoms with Crippen molar-refractivity contribution in [3.8, 4) is 11.4 Å². The summed E-state index contributed by atoms with van der Waals surface area (Å²) >= 11 is 0. The summed E-state index contributed by atoms with van der Waals surface area (Å²) < 4.78 is 0. The van der Waals surface area contributed by atoms with Crippen LogP contribution in [-0.2, 0) is 4.79 Å². The first kappa shape index (κ1) is 17.1. The number of nitrogens with zero attached hydrogens (tertiary/aromatic N) is 2. The van der Waals surface area contributed by atoms with E-state index in [9.17, 15) is 4.79 Å². The normalized spacial score (nSPS) is 11.0. The van der Waals surface area contributed by atoms with E-state index in [0.717, 1.165) is 33.7 Å². The number of nitrogens with one attached hydrogen (secondary N) is 3. The van der Waals surface area contributed by atoms with Crippen molar-refractivity contribution in [3.05, 3.63) is 41.6 Å². The lowest BCUT2D eigenvalue weighted by Crippen LogP contribution is -2.27. The molecule has 0 spiro atoms. The molecular formula is C19H23N5O. The molecule has 6 nitrogen and oxygen atoms in total. The number of rotatable bonds is 7. The highest BCUT2D eigenvalue weighted by Crippen LogP contribution is 2.28. The van der Waals surface area contributed by atoms with Crippen LogP contribution >= 0.6 is 0 Å². The lowest BCUT2D eigenvalue weighted by molar-refractivity contribution is -0.116. The Labute approximate surface area is 147 Å². The summed E-state index contributed by atoms with van der Waals surface area (Å²) in [6.45, 7) is 7.44. The van der Waals surface area contributed by atoms with Gasteiger partial charge in [-0.1, -0.05) is 30.3 Å². The highest BCUT2D eigenvalue weighted by Gasteiger charge is 2.14. The highest BCUT2D eigenvalue weighted by molar-refractivity contribution is 5.92. The van der Waals surface area contributed by atoms with Crippen molar-refractivity contribution in [1.29, 1.82) is 0 Å². The number of Topliss-reactive ketones (excluding diaryl/α,β-unsaturated/α-hetero) is 1. The van der Waals surface area contributed by atoms with E-state index in [0.29, 0.717) is 25.5 Å². The van der Waals surface area contributed by atoms with Gasteiger partial charge in [0, 0.05) is 24.3 Å². The van der Waals surface area contributed by atoms with E-state index in [1.807, 2.05) is 37.3 Å². The van der Waals surface area contributed by atoms with Gasteiger partial charge >= 0.3 is 0 Å².